The third-order valence-corrected chi connectivity index (χ3v) is 16.8. The quantitative estimate of drug-likeness (QED) is 0.0580. The lowest BCUT2D eigenvalue weighted by atomic mass is 9.99. The number of urea groups is 2. The monoisotopic (exact) mass is 1050 g/mol. The predicted molar refractivity (Wildman–Crippen MR) is 291 cm³/mol. The second kappa shape index (κ2) is 23.9. The van der Waals surface area contributed by atoms with E-state index < -0.39 is 38.1 Å². The largest absolute Gasteiger partial charge is 0.478 e. The molecule has 0 saturated carbocycles. The Morgan fingerprint density at radius 1 is 0.493 bits per heavy atom. The molecule has 8 N–H and O–H groups in total. The van der Waals surface area contributed by atoms with E-state index in [4.69, 9.17) is 10.8 Å². The highest BCUT2D eigenvalue weighted by Gasteiger charge is 2.28. The van der Waals surface area contributed by atoms with Crippen LogP contribution in [0.1, 0.15) is 113 Å². The highest BCUT2D eigenvalue weighted by atomic mass is 32.2. The second-order valence-corrected chi connectivity index (χ2v) is 22.8. The number of amides is 5. The van der Waals surface area contributed by atoms with Crippen LogP contribution in [0.4, 0.5) is 21.0 Å². The number of sulfonamides is 2. The molecule has 0 bridgehead atoms. The summed E-state index contributed by atoms with van der Waals surface area (Å²) in [6, 6.07) is 30.0. The van der Waals surface area contributed by atoms with E-state index in [9.17, 15) is 36.0 Å². The van der Waals surface area contributed by atoms with Crippen molar-refractivity contribution in [2.24, 2.45) is 5.73 Å². The Labute approximate surface area is 439 Å². The van der Waals surface area contributed by atoms with Crippen LogP contribution in [0.3, 0.4) is 0 Å². The lowest BCUT2D eigenvalue weighted by Gasteiger charge is -2.16. The first-order valence-corrected chi connectivity index (χ1v) is 28.5. The molecule has 10 rings (SSSR count). The van der Waals surface area contributed by atoms with Gasteiger partial charge < -0.3 is 26.8 Å². The summed E-state index contributed by atoms with van der Waals surface area (Å²) in [4.78, 5) is 48.0. The summed E-state index contributed by atoms with van der Waals surface area (Å²) in [5.74, 6) is -1.02. The normalized spacial score (nSPS) is 13.9. The Bertz CT molecular complexity index is 3260. The fourth-order valence-corrected chi connectivity index (χ4v) is 12.0. The minimum atomic E-state index is -4.03. The maximum atomic E-state index is 12.9. The molecular weight excluding hydrogens is 989 g/mol. The molecular formula is C58H64N6O9S2. The summed E-state index contributed by atoms with van der Waals surface area (Å²) in [5.41, 5.74) is 21.8. The SMILES string of the molecule is Cc1ccc(C(=O)NCCc2ccc(S(=O)(=O)NC(=O)Nc3c4c(cc5c3CCC5)CCC4)cc2)cc1.Cc1ccc(C(=O)O)cc1.NCCc1ccc(S(=O)(=O)NC(=O)Nc2c3c(cc4c2CCC4)CCC3)cc1. The maximum Gasteiger partial charge on any atom is 0.335 e. The molecule has 4 aliphatic carbocycles. The minimum absolute atomic E-state index is 0.0126. The van der Waals surface area contributed by atoms with Crippen molar-refractivity contribution in [3.8, 4) is 0 Å². The van der Waals surface area contributed by atoms with E-state index in [0.29, 0.717) is 37.1 Å². The minimum Gasteiger partial charge on any atom is -0.478 e. The van der Waals surface area contributed by atoms with Gasteiger partial charge in [0.05, 0.1) is 15.4 Å². The van der Waals surface area contributed by atoms with Crippen molar-refractivity contribution in [3.63, 3.8) is 0 Å². The number of anilines is 2. The first-order valence-electron chi connectivity index (χ1n) is 25.5. The van der Waals surface area contributed by atoms with Gasteiger partial charge in [-0.25, -0.2) is 40.7 Å². The molecule has 0 fully saturated rings. The van der Waals surface area contributed by atoms with Crippen LogP contribution < -0.4 is 31.1 Å². The maximum absolute atomic E-state index is 12.9. The Morgan fingerprint density at radius 2 is 0.853 bits per heavy atom. The molecule has 392 valence electrons. The number of carboxylic acids is 1. The number of nitrogens with two attached hydrogens (primary N) is 1. The number of carboxylic acid groups (broad SMARTS) is 1. The van der Waals surface area contributed by atoms with Gasteiger partial charge in [0.2, 0.25) is 0 Å². The van der Waals surface area contributed by atoms with Crippen LogP contribution in [0.5, 0.6) is 0 Å². The lowest BCUT2D eigenvalue weighted by Crippen LogP contribution is -2.35. The van der Waals surface area contributed by atoms with Crippen molar-refractivity contribution in [1.82, 2.24) is 14.8 Å². The van der Waals surface area contributed by atoms with Gasteiger partial charge in [0.25, 0.3) is 26.0 Å². The molecule has 0 saturated heterocycles. The first kappa shape index (κ1) is 53.9. The predicted octanol–water partition coefficient (Wildman–Crippen LogP) is 8.82. The number of carbonyl (C=O) groups excluding carboxylic acids is 3. The molecule has 0 atom stereocenters. The zero-order valence-electron chi connectivity index (χ0n) is 42.3. The number of aryl methyl sites for hydroxylation is 6. The van der Waals surface area contributed by atoms with Gasteiger partial charge in [-0.05, 0) is 214 Å². The van der Waals surface area contributed by atoms with Crippen molar-refractivity contribution in [2.45, 2.75) is 114 Å². The number of rotatable bonds is 13. The van der Waals surface area contributed by atoms with E-state index in [2.05, 4.69) is 37.5 Å². The third kappa shape index (κ3) is 13.5. The fourth-order valence-electron chi connectivity index (χ4n) is 10.2. The molecule has 0 aliphatic heterocycles. The molecule has 6 aromatic carbocycles. The molecule has 0 radical (unpaired) electrons. The molecule has 0 aromatic heterocycles. The molecule has 4 aliphatic rings. The second-order valence-electron chi connectivity index (χ2n) is 19.5. The molecule has 0 heterocycles. The van der Waals surface area contributed by atoms with Crippen molar-refractivity contribution < 1.29 is 41.1 Å². The first-order chi connectivity index (χ1) is 36.0. The number of hydrogen-bond donors (Lipinski definition) is 7. The van der Waals surface area contributed by atoms with Gasteiger partial charge in [-0.3, -0.25) is 4.79 Å². The number of nitrogens with one attached hydrogen (secondary N) is 5. The standard InChI is InChI=1S/C29H31N3O4S.C21H25N3O3S.C8H8O2/c1-19-8-12-21(13-9-19)28(33)30-17-16-20-10-14-24(15-11-20)37(35,36)32-29(34)31-27-25-6-2-4-22(25)18-23-5-3-7-26(23)27;22-12-11-14-7-9-17(10-8-14)28(26,27)24-21(25)23-20-18-5-1-3-15(18)13-16-4-2-6-19(16)20;1-6-2-4-7(5-3-6)8(9)10/h8-15,18H,2-7,16-17H2,1H3,(H,30,33)(H2,31,32,34);7-10,13H,1-6,11-12,22H2,(H2,23,24,25);2-5H,1H3,(H,9,10). The Balaban J connectivity index is 0.000000172. The van der Waals surface area contributed by atoms with Crippen molar-refractivity contribution in [2.75, 3.05) is 23.7 Å². The van der Waals surface area contributed by atoms with Crippen molar-refractivity contribution in [1.29, 1.82) is 0 Å². The average molecular weight is 1050 g/mol. The van der Waals surface area contributed by atoms with E-state index in [1.807, 2.05) is 26.0 Å². The molecule has 75 heavy (non-hydrogen) atoms. The fraction of sp³-hybridized carbons (Fsp3) is 0.310. The van der Waals surface area contributed by atoms with Crippen LogP contribution in [0, 0.1) is 13.8 Å². The van der Waals surface area contributed by atoms with Gasteiger partial charge in [0, 0.05) is 23.5 Å². The summed E-state index contributed by atoms with van der Waals surface area (Å²) < 4.78 is 55.2. The lowest BCUT2D eigenvalue weighted by molar-refractivity contribution is 0.0696. The van der Waals surface area contributed by atoms with Crippen LogP contribution in [0.2, 0.25) is 0 Å². The van der Waals surface area contributed by atoms with Crippen LogP contribution >= 0.6 is 0 Å². The molecule has 17 heteroatoms. The number of benzene rings is 6. The van der Waals surface area contributed by atoms with E-state index in [1.54, 1.807) is 60.7 Å². The van der Waals surface area contributed by atoms with Gasteiger partial charge in [-0.2, -0.15) is 0 Å². The highest BCUT2D eigenvalue weighted by Crippen LogP contribution is 2.40. The van der Waals surface area contributed by atoms with Crippen molar-refractivity contribution >= 4 is 55.4 Å². The topological polar surface area (TPSA) is 243 Å². The molecule has 0 unspecified atom stereocenters. The average Bonchev–Trinajstić information content (AvgIpc) is 4.24. The van der Waals surface area contributed by atoms with Crippen molar-refractivity contribution in [3.05, 3.63) is 187 Å². The summed E-state index contributed by atoms with van der Waals surface area (Å²) in [5, 5.41) is 17.1. The molecule has 0 spiro atoms. The van der Waals surface area contributed by atoms with Crippen LogP contribution in [0.15, 0.2) is 119 Å². The highest BCUT2D eigenvalue weighted by molar-refractivity contribution is 7.90. The number of fused-ring (bicyclic) bond motifs is 4. The Morgan fingerprint density at radius 3 is 1.21 bits per heavy atom. The summed E-state index contributed by atoms with van der Waals surface area (Å²) in [6.45, 7) is 4.81. The molecule has 5 amide bonds. The molecule has 15 nitrogen and oxygen atoms in total. The summed E-state index contributed by atoms with van der Waals surface area (Å²) in [7, 11) is -7.96. The van der Waals surface area contributed by atoms with E-state index >= 15 is 0 Å². The van der Waals surface area contributed by atoms with Gasteiger partial charge in [-0.15, -0.1) is 0 Å². The smallest absolute Gasteiger partial charge is 0.335 e. The number of carbonyl (C=O) groups is 4. The summed E-state index contributed by atoms with van der Waals surface area (Å²) >= 11 is 0. The third-order valence-electron chi connectivity index (χ3n) is 14.1. The van der Waals surface area contributed by atoms with Crippen LogP contribution in [-0.2, 0) is 84.3 Å². The number of hydrogen-bond acceptors (Lipinski definition) is 9. The summed E-state index contributed by atoms with van der Waals surface area (Å²) in [6.07, 6.45) is 13.2. The van der Waals surface area contributed by atoms with Crippen LogP contribution in [-0.4, -0.2) is 59.0 Å². The van der Waals surface area contributed by atoms with Crippen LogP contribution in [0.25, 0.3) is 0 Å². The number of aromatic carboxylic acids is 1. The zero-order chi connectivity index (χ0) is 53.3. The Hall–Kier alpha value is -7.34. The van der Waals surface area contributed by atoms with E-state index in [-0.39, 0.29) is 15.7 Å². The van der Waals surface area contributed by atoms with E-state index in [0.717, 1.165) is 122 Å². The zero-order valence-corrected chi connectivity index (χ0v) is 43.9. The van der Waals surface area contributed by atoms with Gasteiger partial charge in [0.15, 0.2) is 0 Å². The molecule has 6 aromatic rings. The van der Waals surface area contributed by atoms with Gasteiger partial charge >= 0.3 is 18.0 Å². The van der Waals surface area contributed by atoms with Gasteiger partial charge in [-0.1, -0.05) is 71.8 Å². The Kier molecular flexibility index (Phi) is 17.2. The van der Waals surface area contributed by atoms with E-state index in [1.165, 1.54) is 57.6 Å². The van der Waals surface area contributed by atoms with Gasteiger partial charge in [0.1, 0.15) is 0 Å².